The molecular formula is C12H15ClN6O. The Labute approximate surface area is 121 Å². The van der Waals surface area contributed by atoms with E-state index in [9.17, 15) is 0 Å². The summed E-state index contributed by atoms with van der Waals surface area (Å²) >= 11 is 6.02. The molecule has 0 amide bonds. The van der Waals surface area contributed by atoms with Crippen LogP contribution in [-0.2, 0) is 4.74 Å². The van der Waals surface area contributed by atoms with Gasteiger partial charge in [0.05, 0.1) is 18.8 Å². The molecule has 1 saturated heterocycles. The Balaban J connectivity index is 1.97. The number of aromatic nitrogens is 5. The number of anilines is 1. The maximum Gasteiger partial charge on any atom is 0.241 e. The topological polar surface area (TPSA) is 69.0 Å². The zero-order valence-electron chi connectivity index (χ0n) is 11.3. The molecule has 0 aliphatic carbocycles. The summed E-state index contributed by atoms with van der Waals surface area (Å²) in [5, 5.41) is 0.171. The molecule has 1 aliphatic heterocycles. The number of morpholine rings is 1. The van der Waals surface area contributed by atoms with Gasteiger partial charge in [0.2, 0.25) is 17.2 Å². The summed E-state index contributed by atoms with van der Waals surface area (Å²) < 4.78 is 7.31. The van der Waals surface area contributed by atoms with Gasteiger partial charge in [0.25, 0.3) is 0 Å². The summed E-state index contributed by atoms with van der Waals surface area (Å²) in [6, 6.07) is 0.195. The van der Waals surface area contributed by atoms with Crippen LogP contribution in [0.5, 0.6) is 0 Å². The first-order chi connectivity index (χ1) is 9.63. The van der Waals surface area contributed by atoms with E-state index in [1.54, 1.807) is 23.3 Å². The van der Waals surface area contributed by atoms with Crippen LogP contribution in [0.15, 0.2) is 18.7 Å². The van der Waals surface area contributed by atoms with Crippen molar-refractivity contribution in [1.82, 2.24) is 24.5 Å². The maximum absolute atomic E-state index is 6.02. The number of imidazole rings is 1. The van der Waals surface area contributed by atoms with E-state index in [0.29, 0.717) is 18.5 Å². The predicted molar refractivity (Wildman–Crippen MR) is 74.2 cm³/mol. The highest BCUT2D eigenvalue weighted by atomic mass is 35.5. The first-order valence-electron chi connectivity index (χ1n) is 6.41. The van der Waals surface area contributed by atoms with Crippen LogP contribution < -0.4 is 4.90 Å². The molecule has 0 aromatic carbocycles. The lowest BCUT2D eigenvalue weighted by Gasteiger charge is -2.36. The summed E-state index contributed by atoms with van der Waals surface area (Å²) in [6.07, 6.45) is 5.19. The lowest BCUT2D eigenvalue weighted by molar-refractivity contribution is 0.0336. The molecule has 3 rings (SSSR count). The average molecular weight is 295 g/mol. The molecule has 7 nitrogen and oxygen atoms in total. The molecule has 20 heavy (non-hydrogen) atoms. The van der Waals surface area contributed by atoms with Gasteiger partial charge in [0.15, 0.2) is 0 Å². The highest BCUT2D eigenvalue weighted by Gasteiger charge is 2.26. The molecule has 0 spiro atoms. The van der Waals surface area contributed by atoms with E-state index in [2.05, 4.69) is 31.8 Å². The Morgan fingerprint density at radius 1 is 1.25 bits per heavy atom. The standard InChI is InChI=1S/C12H15ClN6O/c1-8-6-20-9(2)5-19(8)12-16-10(13)15-11(17-12)18-4-3-14-7-18/h3-4,7-9H,5-6H2,1-2H3. The molecule has 0 bridgehead atoms. The van der Waals surface area contributed by atoms with Crippen LogP contribution in [0.4, 0.5) is 5.95 Å². The number of nitrogens with zero attached hydrogens (tertiary/aromatic N) is 6. The van der Waals surface area contributed by atoms with E-state index >= 15 is 0 Å². The minimum Gasteiger partial charge on any atom is -0.375 e. The van der Waals surface area contributed by atoms with Gasteiger partial charge in [-0.05, 0) is 25.4 Å². The lowest BCUT2D eigenvalue weighted by atomic mass is 10.2. The fourth-order valence-electron chi connectivity index (χ4n) is 2.13. The van der Waals surface area contributed by atoms with Gasteiger partial charge in [0, 0.05) is 18.9 Å². The first-order valence-corrected chi connectivity index (χ1v) is 6.79. The van der Waals surface area contributed by atoms with Crippen molar-refractivity contribution in [2.45, 2.75) is 26.0 Å². The van der Waals surface area contributed by atoms with E-state index < -0.39 is 0 Å². The van der Waals surface area contributed by atoms with Crippen LogP contribution in [-0.4, -0.2) is 49.8 Å². The Kier molecular flexibility index (Phi) is 3.54. The van der Waals surface area contributed by atoms with Gasteiger partial charge < -0.3 is 9.64 Å². The van der Waals surface area contributed by atoms with Gasteiger partial charge >= 0.3 is 0 Å². The summed E-state index contributed by atoms with van der Waals surface area (Å²) in [5.41, 5.74) is 0. The highest BCUT2D eigenvalue weighted by Crippen LogP contribution is 2.20. The van der Waals surface area contributed by atoms with Crippen molar-refractivity contribution in [2.24, 2.45) is 0 Å². The minimum absolute atomic E-state index is 0.137. The van der Waals surface area contributed by atoms with Gasteiger partial charge in [0.1, 0.15) is 6.33 Å². The summed E-state index contributed by atoms with van der Waals surface area (Å²) in [5.74, 6) is 1.03. The average Bonchev–Trinajstić information content (AvgIpc) is 2.95. The van der Waals surface area contributed by atoms with Crippen molar-refractivity contribution in [3.8, 4) is 5.95 Å². The molecule has 8 heteroatoms. The number of ether oxygens (including phenoxy) is 1. The maximum atomic E-state index is 6.02. The van der Waals surface area contributed by atoms with Crippen LogP contribution in [0.25, 0.3) is 5.95 Å². The molecular weight excluding hydrogens is 280 g/mol. The van der Waals surface area contributed by atoms with E-state index in [4.69, 9.17) is 16.3 Å². The lowest BCUT2D eigenvalue weighted by Crippen LogP contribution is -2.48. The summed E-state index contributed by atoms with van der Waals surface area (Å²) in [4.78, 5) is 18.9. The normalized spacial score (nSPS) is 23.1. The summed E-state index contributed by atoms with van der Waals surface area (Å²) in [7, 11) is 0. The van der Waals surface area contributed by atoms with Crippen molar-refractivity contribution >= 4 is 17.5 Å². The molecule has 1 aliphatic rings. The molecule has 1 fully saturated rings. The molecule has 2 aromatic heterocycles. The Morgan fingerprint density at radius 2 is 2.05 bits per heavy atom. The number of rotatable bonds is 2. The molecule has 2 aromatic rings. The smallest absolute Gasteiger partial charge is 0.241 e. The molecule has 2 unspecified atom stereocenters. The second kappa shape index (κ2) is 5.34. The van der Waals surface area contributed by atoms with Crippen LogP contribution in [0.2, 0.25) is 5.28 Å². The van der Waals surface area contributed by atoms with Crippen LogP contribution in [0.3, 0.4) is 0 Å². The first kappa shape index (κ1) is 13.3. The third-order valence-electron chi connectivity index (χ3n) is 3.18. The Hall–Kier alpha value is -1.73. The molecule has 0 saturated carbocycles. The van der Waals surface area contributed by atoms with Gasteiger partial charge in [-0.15, -0.1) is 0 Å². The minimum atomic E-state index is 0.137. The third-order valence-corrected chi connectivity index (χ3v) is 3.35. The third kappa shape index (κ3) is 2.59. The number of hydrogen-bond donors (Lipinski definition) is 0. The van der Waals surface area contributed by atoms with Gasteiger partial charge in [-0.1, -0.05) is 0 Å². The van der Waals surface area contributed by atoms with Crippen molar-refractivity contribution in [3.63, 3.8) is 0 Å². The monoisotopic (exact) mass is 294 g/mol. The molecule has 0 N–H and O–H groups in total. The quantitative estimate of drug-likeness (QED) is 0.832. The zero-order valence-corrected chi connectivity index (χ0v) is 12.0. The van der Waals surface area contributed by atoms with E-state index in [0.717, 1.165) is 6.54 Å². The second-order valence-electron chi connectivity index (χ2n) is 4.82. The van der Waals surface area contributed by atoms with Crippen LogP contribution >= 0.6 is 11.6 Å². The molecule has 3 heterocycles. The fraction of sp³-hybridized carbons (Fsp3) is 0.500. The van der Waals surface area contributed by atoms with E-state index in [1.165, 1.54) is 0 Å². The van der Waals surface area contributed by atoms with Gasteiger partial charge in [-0.2, -0.15) is 15.0 Å². The summed E-state index contributed by atoms with van der Waals surface area (Å²) in [6.45, 7) is 5.47. The molecule has 106 valence electrons. The van der Waals surface area contributed by atoms with Crippen molar-refractivity contribution in [3.05, 3.63) is 24.0 Å². The van der Waals surface area contributed by atoms with Gasteiger partial charge in [-0.25, -0.2) is 4.98 Å². The Morgan fingerprint density at radius 3 is 2.80 bits per heavy atom. The van der Waals surface area contributed by atoms with Gasteiger partial charge in [-0.3, -0.25) is 4.57 Å². The van der Waals surface area contributed by atoms with E-state index in [1.807, 2.05) is 6.92 Å². The molecule has 2 atom stereocenters. The largest absolute Gasteiger partial charge is 0.375 e. The SMILES string of the molecule is CC1CN(c2nc(Cl)nc(-n3ccnc3)n2)C(C)CO1. The molecule has 0 radical (unpaired) electrons. The Bertz CT molecular complexity index is 590. The second-order valence-corrected chi connectivity index (χ2v) is 5.16. The number of hydrogen-bond acceptors (Lipinski definition) is 6. The fourth-order valence-corrected chi connectivity index (χ4v) is 2.28. The van der Waals surface area contributed by atoms with Crippen LogP contribution in [0.1, 0.15) is 13.8 Å². The number of halogens is 1. The van der Waals surface area contributed by atoms with Crippen molar-refractivity contribution < 1.29 is 4.74 Å². The van der Waals surface area contributed by atoms with Crippen molar-refractivity contribution in [1.29, 1.82) is 0 Å². The predicted octanol–water partition coefficient (Wildman–Crippen LogP) is 1.32. The zero-order chi connectivity index (χ0) is 14.1. The van der Waals surface area contributed by atoms with Crippen molar-refractivity contribution in [2.75, 3.05) is 18.1 Å². The highest BCUT2D eigenvalue weighted by molar-refractivity contribution is 6.28. The van der Waals surface area contributed by atoms with Crippen LogP contribution in [0, 0.1) is 0 Å². The van der Waals surface area contributed by atoms with E-state index in [-0.39, 0.29) is 17.4 Å².